The minimum absolute atomic E-state index is 0.0242. The van der Waals surface area contributed by atoms with Crippen molar-refractivity contribution in [2.45, 2.75) is 88.9 Å². The fourth-order valence-electron chi connectivity index (χ4n) is 13.5. The number of aromatic nitrogens is 3. The lowest BCUT2D eigenvalue weighted by Gasteiger charge is -2.54. The van der Waals surface area contributed by atoms with Gasteiger partial charge in [-0.2, -0.15) is 9.97 Å². The molecule has 3 atom stereocenters. The summed E-state index contributed by atoms with van der Waals surface area (Å²) < 4.78 is 53.4. The first-order valence-corrected chi connectivity index (χ1v) is 25.9. The highest BCUT2D eigenvalue weighted by atomic mass is 19.2. The summed E-state index contributed by atoms with van der Waals surface area (Å²) in [4.78, 5) is 62.9. The molecule has 7 fully saturated rings. The van der Waals surface area contributed by atoms with Crippen LogP contribution in [0.15, 0.2) is 48.7 Å². The van der Waals surface area contributed by atoms with Crippen LogP contribution in [0.3, 0.4) is 0 Å². The van der Waals surface area contributed by atoms with Crippen LogP contribution >= 0.6 is 0 Å². The number of carbonyl (C=O) groups excluding carboxylic acids is 3. The van der Waals surface area contributed by atoms with Crippen molar-refractivity contribution in [2.24, 2.45) is 16.7 Å². The number of hydrogen-bond donors (Lipinski definition) is 3. The van der Waals surface area contributed by atoms with Gasteiger partial charge >= 0.3 is 6.01 Å². The molecule has 6 aliphatic heterocycles. The number of rotatable bonds is 11. The van der Waals surface area contributed by atoms with E-state index in [2.05, 4.69) is 46.3 Å². The van der Waals surface area contributed by atoms with Gasteiger partial charge < -0.3 is 34.8 Å². The fraction of sp³-hybridized carbons (Fsp3) is 0.519. The summed E-state index contributed by atoms with van der Waals surface area (Å²) in [5, 5.41) is 17.0. The van der Waals surface area contributed by atoms with Crippen LogP contribution in [-0.4, -0.2) is 143 Å². The molecule has 0 radical (unpaired) electrons. The number of piperazine rings is 2. The highest BCUT2D eigenvalue weighted by Crippen LogP contribution is 2.54. The van der Waals surface area contributed by atoms with Gasteiger partial charge in [-0.1, -0.05) is 6.07 Å². The number of ether oxygens (including phenoxy) is 1. The number of aromatic hydroxyl groups is 1. The number of nitrogens with one attached hydrogen (secondary N) is 2. The Balaban J connectivity index is 0.623. The molecule has 8 heterocycles. The number of imide groups is 1. The first-order chi connectivity index (χ1) is 34.8. The third kappa shape index (κ3) is 8.26. The van der Waals surface area contributed by atoms with Gasteiger partial charge in [0, 0.05) is 111 Å². The topological polar surface area (TPSA) is 160 Å². The lowest BCUT2D eigenvalue weighted by Crippen LogP contribution is -2.53. The number of amides is 3. The summed E-state index contributed by atoms with van der Waals surface area (Å²) in [6.45, 7) is 10.2. The van der Waals surface area contributed by atoms with Crippen LogP contribution in [0.4, 0.5) is 24.7 Å². The van der Waals surface area contributed by atoms with E-state index >= 15 is 8.78 Å². The number of nitrogens with zero attached hydrogens (tertiary/aromatic N) is 8. The number of piperidine rings is 2. The maximum Gasteiger partial charge on any atom is 0.319 e. The van der Waals surface area contributed by atoms with Gasteiger partial charge in [-0.15, -0.1) is 0 Å². The zero-order valence-electron chi connectivity index (χ0n) is 40.3. The first kappa shape index (κ1) is 45.7. The number of phenols is 1. The molecule has 3 N–H and O–H groups in total. The van der Waals surface area contributed by atoms with Crippen molar-refractivity contribution in [3.8, 4) is 23.0 Å². The molecule has 2 aromatic heterocycles. The lowest BCUT2D eigenvalue weighted by molar-refractivity contribution is -0.136. The van der Waals surface area contributed by atoms with Crippen molar-refractivity contribution in [3.63, 3.8) is 0 Å². The quantitative estimate of drug-likeness (QED) is 0.130. The minimum Gasteiger partial charge on any atom is -0.508 e. The summed E-state index contributed by atoms with van der Waals surface area (Å²) in [6.07, 6.45) is 11.2. The van der Waals surface area contributed by atoms with E-state index in [1.807, 2.05) is 12.1 Å². The summed E-state index contributed by atoms with van der Waals surface area (Å²) >= 11 is 0. The number of anilines is 2. The number of pyridine rings is 1. The van der Waals surface area contributed by atoms with Crippen molar-refractivity contribution < 1.29 is 37.4 Å². The van der Waals surface area contributed by atoms with E-state index < -0.39 is 23.5 Å². The molecular formula is C54H59F3N10O5. The third-order valence-electron chi connectivity index (χ3n) is 17.6. The van der Waals surface area contributed by atoms with Gasteiger partial charge in [-0.25, -0.2) is 13.2 Å². The zero-order chi connectivity index (χ0) is 49.0. The number of carbonyl (C=O) groups is 3. The molecule has 13 rings (SSSR count). The molecule has 2 unspecified atom stereocenters. The Hall–Kier alpha value is -6.11. The fourth-order valence-corrected chi connectivity index (χ4v) is 13.5. The summed E-state index contributed by atoms with van der Waals surface area (Å²) in [5.41, 5.74) is 2.71. The minimum atomic E-state index is -1.15. The molecule has 18 heteroatoms. The van der Waals surface area contributed by atoms with Gasteiger partial charge in [0.25, 0.3) is 5.91 Å². The molecule has 15 nitrogen and oxygen atoms in total. The van der Waals surface area contributed by atoms with Gasteiger partial charge in [-0.3, -0.25) is 29.6 Å². The molecule has 5 saturated heterocycles. The zero-order valence-corrected chi connectivity index (χ0v) is 40.3. The Morgan fingerprint density at radius 3 is 2.33 bits per heavy atom. The molecule has 2 bridgehead atoms. The SMILES string of the molecule is O=C1CC[C@H](N2Cc3cc(N4CCN(CC5CC6(CCN(CC7(COc8nc(N9CC%10CCC(C9)N%10)c9cnc(-c%10cc(O)cc%11ccc(F)c(F)c%10%11)c(F)c9n8)CC7)CC6)C5)CC4)ccc3C2=O)C(=O)N1. The smallest absolute Gasteiger partial charge is 0.319 e. The van der Waals surface area contributed by atoms with Crippen LogP contribution in [-0.2, 0) is 16.1 Å². The Bertz CT molecular complexity index is 3030. The van der Waals surface area contributed by atoms with Crippen LogP contribution in [0.1, 0.15) is 80.1 Å². The van der Waals surface area contributed by atoms with Crippen molar-refractivity contribution in [1.29, 1.82) is 0 Å². The monoisotopic (exact) mass is 984 g/mol. The lowest BCUT2D eigenvalue weighted by atomic mass is 9.57. The van der Waals surface area contributed by atoms with Crippen LogP contribution in [0.2, 0.25) is 0 Å². The molecule has 3 aromatic carbocycles. The van der Waals surface area contributed by atoms with Crippen molar-refractivity contribution in [1.82, 2.24) is 40.3 Å². The van der Waals surface area contributed by atoms with Gasteiger partial charge in [0.1, 0.15) is 28.8 Å². The maximum atomic E-state index is 17.0. The van der Waals surface area contributed by atoms with Crippen LogP contribution in [0, 0.1) is 34.2 Å². The van der Waals surface area contributed by atoms with Crippen molar-refractivity contribution >= 4 is 50.9 Å². The number of fused-ring (bicyclic) bond motifs is 5. The highest BCUT2D eigenvalue weighted by molar-refractivity contribution is 6.05. The second-order valence-electron chi connectivity index (χ2n) is 22.4. The number of likely N-dealkylation sites (tertiary alicyclic amines) is 1. The standard InChI is InChI=1S/C54H59F3N10O5/c55-41-6-1-32-20-37(68)21-39(44(32)45(41)56)47-46(57)48-40(24-58-47)49(66-27-34-2-3-35(28-66)59-34)62-52(61-48)72-30-54(9-10-54)29-64-13-11-53(12-14-64)22-31(23-53)25-63-15-17-65(18-16-63)36-4-5-38-33(19-36)26-67(51(38)71)42-7-8-43(69)60-50(42)70/h1,4-6,19-21,24,31,34-35,42,59,68H,2-3,7-18,22-23,25-30H2,(H,60,69,70)/t34?,35?,42-/m0/s1. The van der Waals surface area contributed by atoms with Crippen LogP contribution in [0.25, 0.3) is 32.9 Å². The number of halogens is 3. The van der Waals surface area contributed by atoms with E-state index in [1.165, 1.54) is 50.1 Å². The van der Waals surface area contributed by atoms with Crippen LogP contribution in [0.5, 0.6) is 11.8 Å². The van der Waals surface area contributed by atoms with E-state index in [1.54, 1.807) is 4.90 Å². The summed E-state index contributed by atoms with van der Waals surface area (Å²) in [6, 6.07) is 10.9. The molecule has 5 aromatic rings. The molecule has 3 amide bonds. The molecule has 376 valence electrons. The Morgan fingerprint density at radius 2 is 1.58 bits per heavy atom. The van der Waals surface area contributed by atoms with Crippen LogP contribution < -0.4 is 25.2 Å². The second kappa shape index (κ2) is 17.5. The normalized spacial score (nSPS) is 25.1. The molecule has 8 aliphatic rings. The Labute approximate surface area is 415 Å². The van der Waals surface area contributed by atoms with E-state index in [0.29, 0.717) is 60.8 Å². The number of hydrogen-bond acceptors (Lipinski definition) is 13. The summed E-state index contributed by atoms with van der Waals surface area (Å²) in [5.74, 6) is -2.86. The van der Waals surface area contributed by atoms with E-state index in [-0.39, 0.29) is 80.9 Å². The van der Waals surface area contributed by atoms with Crippen molar-refractivity contribution in [3.05, 3.63) is 77.2 Å². The predicted octanol–water partition coefficient (Wildman–Crippen LogP) is 6.14. The van der Waals surface area contributed by atoms with E-state index in [4.69, 9.17) is 9.72 Å². The maximum absolute atomic E-state index is 17.0. The van der Waals surface area contributed by atoms with Crippen molar-refractivity contribution in [2.75, 3.05) is 81.9 Å². The largest absolute Gasteiger partial charge is 0.508 e. The summed E-state index contributed by atoms with van der Waals surface area (Å²) in [7, 11) is 0. The Morgan fingerprint density at radius 1 is 0.806 bits per heavy atom. The van der Waals surface area contributed by atoms with E-state index in [0.717, 1.165) is 95.4 Å². The third-order valence-corrected chi connectivity index (χ3v) is 17.6. The van der Waals surface area contributed by atoms with Gasteiger partial charge in [0.05, 0.1) is 12.0 Å². The average molecular weight is 985 g/mol. The van der Waals surface area contributed by atoms with E-state index in [9.17, 15) is 23.9 Å². The average Bonchev–Trinajstić information content (AvgIpc) is 3.94. The molecule has 1 spiro atoms. The molecule has 2 aliphatic carbocycles. The number of phenolic OH excluding ortho intramolecular Hbond substituents is 1. The highest BCUT2D eigenvalue weighted by Gasteiger charge is 2.50. The molecular weight excluding hydrogens is 926 g/mol. The second-order valence-corrected chi connectivity index (χ2v) is 22.4. The number of benzene rings is 3. The van der Waals surface area contributed by atoms with Gasteiger partial charge in [0.2, 0.25) is 11.8 Å². The van der Waals surface area contributed by atoms with Gasteiger partial charge in [0.15, 0.2) is 17.5 Å². The molecule has 2 saturated carbocycles. The molecule has 72 heavy (non-hydrogen) atoms. The Kier molecular flexibility index (Phi) is 11.1. The van der Waals surface area contributed by atoms with Gasteiger partial charge in [-0.05, 0) is 130 Å². The first-order valence-electron chi connectivity index (χ1n) is 25.9. The predicted molar refractivity (Wildman–Crippen MR) is 263 cm³/mol.